The van der Waals surface area contributed by atoms with E-state index in [0.29, 0.717) is 5.75 Å². The molecule has 1 aliphatic rings. The smallest absolute Gasteiger partial charge is 0.207 e. The van der Waals surface area contributed by atoms with Crippen LogP contribution in [0.2, 0.25) is 0 Å². The molecular formula is C22H16N2OS. The molecule has 1 unspecified atom stereocenters. The van der Waals surface area contributed by atoms with E-state index in [1.54, 1.807) is 0 Å². The van der Waals surface area contributed by atoms with Crippen molar-refractivity contribution in [1.82, 2.24) is 4.98 Å². The summed E-state index contributed by atoms with van der Waals surface area (Å²) in [6.07, 6.45) is 0. The molecule has 1 aliphatic heterocycles. The van der Waals surface area contributed by atoms with Crippen LogP contribution in [-0.2, 0) is 5.75 Å². The van der Waals surface area contributed by atoms with Crippen LogP contribution in [0.3, 0.4) is 0 Å². The molecule has 0 amide bonds. The molecule has 1 aromatic heterocycles. The molecule has 3 nitrogen and oxygen atoms in total. The van der Waals surface area contributed by atoms with Crippen LogP contribution in [-0.4, -0.2) is 15.6 Å². The zero-order chi connectivity index (χ0) is 17.5. The van der Waals surface area contributed by atoms with Crippen LogP contribution in [0.5, 0.6) is 0 Å². The van der Waals surface area contributed by atoms with Crippen molar-refractivity contribution < 1.29 is 4.79 Å². The van der Waals surface area contributed by atoms with Crippen molar-refractivity contribution in [3.63, 3.8) is 0 Å². The number of hydrogen-bond donors (Lipinski definition) is 1. The normalized spacial score (nSPS) is 17.5. The maximum Gasteiger partial charge on any atom is 0.207 e. The van der Waals surface area contributed by atoms with E-state index in [0.717, 1.165) is 33.1 Å². The van der Waals surface area contributed by atoms with E-state index in [1.807, 2.05) is 66.2 Å². The Morgan fingerprint density at radius 1 is 0.769 bits per heavy atom. The van der Waals surface area contributed by atoms with Gasteiger partial charge < -0.3 is 0 Å². The summed E-state index contributed by atoms with van der Waals surface area (Å²) >= 11 is 0. The molecule has 0 spiro atoms. The van der Waals surface area contributed by atoms with Gasteiger partial charge in [0, 0.05) is 22.1 Å². The first-order valence-electron chi connectivity index (χ1n) is 8.52. The Morgan fingerprint density at radius 3 is 2.12 bits per heavy atom. The van der Waals surface area contributed by atoms with Crippen molar-refractivity contribution in [2.45, 2.75) is 5.75 Å². The maximum absolute atomic E-state index is 13.0. The molecule has 4 heteroatoms. The highest BCUT2D eigenvalue weighted by Crippen LogP contribution is 2.42. The lowest BCUT2D eigenvalue weighted by atomic mass is 10.0. The Balaban J connectivity index is 1.67. The van der Waals surface area contributed by atoms with Gasteiger partial charge in [-0.25, -0.2) is 4.98 Å². The van der Waals surface area contributed by atoms with Gasteiger partial charge in [0.2, 0.25) is 5.12 Å². The van der Waals surface area contributed by atoms with Crippen LogP contribution in [0.1, 0.15) is 15.9 Å². The molecule has 26 heavy (non-hydrogen) atoms. The van der Waals surface area contributed by atoms with Gasteiger partial charge in [-0.1, -0.05) is 48.5 Å². The van der Waals surface area contributed by atoms with Crippen molar-refractivity contribution in [2.75, 3.05) is 0 Å². The predicted molar refractivity (Wildman–Crippen MR) is 111 cm³/mol. The summed E-state index contributed by atoms with van der Waals surface area (Å²) in [4.78, 5) is 22.3. The molecule has 0 saturated heterocycles. The lowest BCUT2D eigenvalue weighted by molar-refractivity contribution is 0.108. The molecule has 4 aromatic rings. The van der Waals surface area contributed by atoms with Gasteiger partial charge in [0.25, 0.3) is 0 Å². The number of carbonyl (C=O) groups is 1. The molecule has 1 atom stereocenters. The van der Waals surface area contributed by atoms with Gasteiger partial charge in [0.05, 0.1) is 22.3 Å². The highest BCUT2D eigenvalue weighted by atomic mass is 32.2. The molecule has 0 N–H and O–H groups in total. The Morgan fingerprint density at radius 2 is 1.38 bits per heavy atom. The summed E-state index contributed by atoms with van der Waals surface area (Å²) in [5, 5.41) is 2.44. The zero-order valence-corrected chi connectivity index (χ0v) is 14.9. The third-order valence-corrected chi connectivity index (χ3v) is 6.57. The van der Waals surface area contributed by atoms with Crippen LogP contribution in [0.25, 0.3) is 21.8 Å². The average molecular weight is 356 g/mol. The summed E-state index contributed by atoms with van der Waals surface area (Å²) < 4.78 is 0. The molecule has 5 rings (SSSR count). The zero-order valence-electron chi connectivity index (χ0n) is 14.0. The van der Waals surface area contributed by atoms with Crippen LogP contribution in [0, 0.1) is 0 Å². The van der Waals surface area contributed by atoms with Gasteiger partial charge in [0.15, 0.2) is 0 Å². The number of para-hydroxylation sites is 3. The van der Waals surface area contributed by atoms with E-state index in [-0.39, 0.29) is 5.12 Å². The van der Waals surface area contributed by atoms with Crippen molar-refractivity contribution in [1.29, 1.82) is 0 Å². The molecule has 0 fully saturated rings. The molecule has 0 radical (unpaired) electrons. The fourth-order valence-electron chi connectivity index (χ4n) is 3.49. The number of hydrogen-bond acceptors (Lipinski definition) is 3. The first kappa shape index (κ1) is 15.3. The number of rotatable bonds is 2. The molecule has 0 bridgehead atoms. The molecule has 3 aromatic carbocycles. The van der Waals surface area contributed by atoms with E-state index < -0.39 is 10.9 Å². The Bertz CT molecular complexity index is 1150. The topological polar surface area (TPSA) is 42.3 Å². The minimum absolute atomic E-state index is 0.204. The number of nitrogens with zero attached hydrogens (tertiary/aromatic N) is 2. The summed E-state index contributed by atoms with van der Waals surface area (Å²) in [5.41, 5.74) is 6.52. The van der Waals surface area contributed by atoms with Gasteiger partial charge in [-0.05, 0) is 29.8 Å². The molecular weight excluding hydrogens is 340 g/mol. The van der Waals surface area contributed by atoms with Crippen LogP contribution < -0.4 is 0 Å². The summed E-state index contributed by atoms with van der Waals surface area (Å²) in [6.45, 7) is 0. The lowest BCUT2D eigenvalue weighted by Crippen LogP contribution is -2.08. The Kier molecular flexibility index (Phi) is 3.57. The molecule has 0 aliphatic carbocycles. The van der Waals surface area contributed by atoms with E-state index in [4.69, 9.17) is 4.98 Å². The third kappa shape index (κ3) is 2.42. The van der Waals surface area contributed by atoms with Gasteiger partial charge in [-0.2, -0.15) is 0 Å². The second-order valence-corrected chi connectivity index (χ2v) is 8.21. The number of fused-ring (bicyclic) bond motifs is 3. The minimum atomic E-state index is -1.00. The fourth-order valence-corrected chi connectivity index (χ4v) is 5.26. The molecule has 0 saturated carbocycles. The first-order chi connectivity index (χ1) is 12.8. The fraction of sp³-hybridized carbons (Fsp3) is 0.0455. The van der Waals surface area contributed by atoms with Crippen LogP contribution in [0.15, 0.2) is 77.8 Å². The second kappa shape index (κ2) is 6.07. The van der Waals surface area contributed by atoms with Crippen molar-refractivity contribution in [2.24, 2.45) is 4.99 Å². The summed E-state index contributed by atoms with van der Waals surface area (Å²) in [6, 6.07) is 23.9. The standard InChI is InChI=1S/C22H16N2OS/c25-22-17-9-3-4-10-19(17)23-14-26(22)13-18-15-7-1-5-11-20(15)24-21-12-6-2-8-16(18)21/h1-12,14,26H,13H2. The predicted octanol–water partition coefficient (Wildman–Crippen LogP) is 5.40. The second-order valence-electron chi connectivity index (χ2n) is 6.32. The maximum atomic E-state index is 13.0. The summed E-state index contributed by atoms with van der Waals surface area (Å²) in [5.74, 6) is 0.690. The Hall–Kier alpha value is -2.98. The number of aromatic nitrogens is 1. The number of aliphatic imine (C=N–C) groups is 1. The van der Waals surface area contributed by atoms with Gasteiger partial charge >= 0.3 is 0 Å². The minimum Gasteiger partial charge on any atom is -0.283 e. The molecule has 126 valence electrons. The number of thiol groups is 1. The van der Waals surface area contributed by atoms with Crippen LogP contribution in [0.4, 0.5) is 5.69 Å². The highest BCUT2D eigenvalue weighted by Gasteiger charge is 2.23. The monoisotopic (exact) mass is 356 g/mol. The number of benzene rings is 3. The largest absolute Gasteiger partial charge is 0.283 e. The summed E-state index contributed by atoms with van der Waals surface area (Å²) in [7, 11) is -1.00. The lowest BCUT2D eigenvalue weighted by Gasteiger charge is -2.22. The van der Waals surface area contributed by atoms with E-state index in [1.165, 1.54) is 5.56 Å². The van der Waals surface area contributed by atoms with Crippen molar-refractivity contribution >= 4 is 49.1 Å². The van der Waals surface area contributed by atoms with E-state index in [9.17, 15) is 4.79 Å². The molecule has 2 heterocycles. The van der Waals surface area contributed by atoms with Crippen molar-refractivity contribution in [3.05, 3.63) is 83.9 Å². The van der Waals surface area contributed by atoms with Gasteiger partial charge in [-0.3, -0.25) is 9.79 Å². The first-order valence-corrected chi connectivity index (χ1v) is 10.1. The van der Waals surface area contributed by atoms with Crippen molar-refractivity contribution in [3.8, 4) is 0 Å². The number of pyridine rings is 1. The Labute approximate surface area is 153 Å². The highest BCUT2D eigenvalue weighted by molar-refractivity contribution is 8.39. The third-order valence-electron chi connectivity index (χ3n) is 4.76. The number of carbonyl (C=O) groups excluding carboxylic acids is 1. The van der Waals surface area contributed by atoms with E-state index >= 15 is 0 Å². The van der Waals surface area contributed by atoms with E-state index in [2.05, 4.69) is 17.1 Å². The van der Waals surface area contributed by atoms with Gasteiger partial charge in [-0.15, -0.1) is 10.9 Å². The SMILES string of the molecule is O=C1c2ccccc2N=C[SH]1Cc1c2ccccc2nc2ccccc12. The average Bonchev–Trinajstić information content (AvgIpc) is 2.70. The quantitative estimate of drug-likeness (QED) is 0.386. The van der Waals surface area contributed by atoms with Crippen LogP contribution >= 0.6 is 10.9 Å². The van der Waals surface area contributed by atoms with Gasteiger partial charge in [0.1, 0.15) is 0 Å².